The first-order chi connectivity index (χ1) is 13.3. The van der Waals surface area contributed by atoms with Crippen LogP contribution in [0.4, 0.5) is 0 Å². The number of aliphatic imine (C=N–C) groups is 1. The lowest BCUT2D eigenvalue weighted by molar-refractivity contribution is 0.196. The summed E-state index contributed by atoms with van der Waals surface area (Å²) in [6.45, 7) is 3.21. The van der Waals surface area contributed by atoms with Crippen LogP contribution in [0.2, 0.25) is 0 Å². The van der Waals surface area contributed by atoms with Gasteiger partial charge in [-0.2, -0.15) is 0 Å². The quantitative estimate of drug-likeness (QED) is 0.618. The predicted octanol–water partition coefficient (Wildman–Crippen LogP) is 3.18. The van der Waals surface area contributed by atoms with E-state index in [9.17, 15) is 0 Å². The van der Waals surface area contributed by atoms with E-state index in [4.69, 9.17) is 0 Å². The van der Waals surface area contributed by atoms with Crippen LogP contribution in [0.1, 0.15) is 57.1 Å². The molecule has 3 aliphatic rings. The molecule has 148 valence electrons. The van der Waals surface area contributed by atoms with Gasteiger partial charge in [0.25, 0.3) is 0 Å². The fourth-order valence-corrected chi connectivity index (χ4v) is 4.96. The van der Waals surface area contributed by atoms with Crippen molar-refractivity contribution in [1.82, 2.24) is 20.5 Å². The summed E-state index contributed by atoms with van der Waals surface area (Å²) in [6, 6.07) is 7.36. The van der Waals surface area contributed by atoms with E-state index in [1.165, 1.54) is 57.1 Å². The van der Waals surface area contributed by atoms with Crippen LogP contribution in [0, 0.1) is 11.8 Å². The molecule has 0 amide bonds. The van der Waals surface area contributed by atoms with Crippen molar-refractivity contribution in [2.24, 2.45) is 16.8 Å². The van der Waals surface area contributed by atoms with Crippen molar-refractivity contribution >= 4 is 5.96 Å². The summed E-state index contributed by atoms with van der Waals surface area (Å²) < 4.78 is 0. The molecule has 4 rings (SSSR count). The van der Waals surface area contributed by atoms with Crippen LogP contribution in [0.25, 0.3) is 0 Å². The molecule has 2 unspecified atom stereocenters. The minimum atomic E-state index is 0.531. The smallest absolute Gasteiger partial charge is 0.191 e. The maximum atomic E-state index is 4.50. The molecular weight excluding hydrogens is 334 g/mol. The van der Waals surface area contributed by atoms with E-state index in [1.807, 2.05) is 19.3 Å². The number of hydrogen-bond donors (Lipinski definition) is 2. The molecule has 2 atom stereocenters. The molecular formula is C22H35N5. The average Bonchev–Trinajstić information content (AvgIpc) is 3.49. The molecule has 1 aromatic rings. The summed E-state index contributed by atoms with van der Waals surface area (Å²) in [4.78, 5) is 11.5. The van der Waals surface area contributed by atoms with E-state index in [2.05, 4.69) is 37.6 Å². The summed E-state index contributed by atoms with van der Waals surface area (Å²) in [5, 5.41) is 7.38. The lowest BCUT2D eigenvalue weighted by Gasteiger charge is -2.33. The number of aromatic nitrogens is 1. The number of likely N-dealkylation sites (tertiary alicyclic amines) is 1. The van der Waals surface area contributed by atoms with Crippen LogP contribution in [-0.4, -0.2) is 48.1 Å². The highest BCUT2D eigenvalue weighted by atomic mass is 15.2. The minimum absolute atomic E-state index is 0.531. The fourth-order valence-electron chi connectivity index (χ4n) is 4.96. The zero-order chi connectivity index (χ0) is 18.5. The topological polar surface area (TPSA) is 52.6 Å². The van der Waals surface area contributed by atoms with Gasteiger partial charge in [0.1, 0.15) is 0 Å². The van der Waals surface area contributed by atoms with Gasteiger partial charge in [0, 0.05) is 45.0 Å². The van der Waals surface area contributed by atoms with Crippen LogP contribution in [0.3, 0.4) is 0 Å². The van der Waals surface area contributed by atoms with Gasteiger partial charge in [-0.15, -0.1) is 0 Å². The Morgan fingerprint density at radius 2 is 1.93 bits per heavy atom. The van der Waals surface area contributed by atoms with E-state index >= 15 is 0 Å². The molecule has 2 aliphatic carbocycles. The first kappa shape index (κ1) is 18.7. The zero-order valence-corrected chi connectivity index (χ0v) is 16.7. The molecule has 5 heteroatoms. The summed E-state index contributed by atoms with van der Waals surface area (Å²) in [5.74, 6) is 2.87. The molecule has 0 aromatic carbocycles. The average molecular weight is 370 g/mol. The maximum absolute atomic E-state index is 4.50. The van der Waals surface area contributed by atoms with Crippen molar-refractivity contribution in [1.29, 1.82) is 0 Å². The maximum Gasteiger partial charge on any atom is 0.191 e. The summed E-state index contributed by atoms with van der Waals surface area (Å²) in [5.41, 5.74) is 1.17. The number of rotatable bonds is 5. The molecule has 0 radical (unpaired) electrons. The van der Waals surface area contributed by atoms with Gasteiger partial charge in [-0.1, -0.05) is 38.2 Å². The van der Waals surface area contributed by atoms with Crippen LogP contribution >= 0.6 is 0 Å². The van der Waals surface area contributed by atoms with E-state index in [0.717, 1.165) is 37.4 Å². The van der Waals surface area contributed by atoms with E-state index < -0.39 is 0 Å². The first-order valence-electron chi connectivity index (χ1n) is 10.9. The molecule has 2 saturated carbocycles. The van der Waals surface area contributed by atoms with E-state index in [0.29, 0.717) is 12.1 Å². The molecule has 2 heterocycles. The van der Waals surface area contributed by atoms with Crippen molar-refractivity contribution in [2.45, 2.75) is 70.0 Å². The third-order valence-electron chi connectivity index (χ3n) is 6.68. The second-order valence-electron chi connectivity index (χ2n) is 8.64. The molecule has 1 aliphatic heterocycles. The zero-order valence-electron chi connectivity index (χ0n) is 16.7. The Bertz CT molecular complexity index is 602. The van der Waals surface area contributed by atoms with Gasteiger partial charge in [0.2, 0.25) is 0 Å². The second kappa shape index (κ2) is 9.05. The standard InChI is InChI=1S/C22H35N5/c1-23-22(26-21-15-20(21)17-7-3-2-4-8-17)25-18-10-13-27(14-11-18)16-19-9-5-6-12-24-19/h5-6,9,12,17-18,20-21H,2-4,7-8,10-11,13-16H2,1H3,(H2,23,25,26). The van der Waals surface area contributed by atoms with Crippen molar-refractivity contribution in [3.8, 4) is 0 Å². The Morgan fingerprint density at radius 1 is 1.11 bits per heavy atom. The van der Waals surface area contributed by atoms with Gasteiger partial charge >= 0.3 is 0 Å². The minimum Gasteiger partial charge on any atom is -0.354 e. The number of hydrogen-bond acceptors (Lipinski definition) is 3. The Hall–Kier alpha value is -1.62. The second-order valence-corrected chi connectivity index (χ2v) is 8.64. The molecule has 27 heavy (non-hydrogen) atoms. The van der Waals surface area contributed by atoms with Gasteiger partial charge in [0.05, 0.1) is 5.69 Å². The molecule has 1 saturated heterocycles. The number of piperidine rings is 1. The monoisotopic (exact) mass is 369 g/mol. The number of nitrogens with zero attached hydrogens (tertiary/aromatic N) is 3. The molecule has 3 fully saturated rings. The van der Waals surface area contributed by atoms with Crippen LogP contribution < -0.4 is 10.6 Å². The molecule has 2 N–H and O–H groups in total. The third-order valence-corrected chi connectivity index (χ3v) is 6.68. The first-order valence-corrected chi connectivity index (χ1v) is 10.9. The number of pyridine rings is 1. The van der Waals surface area contributed by atoms with Gasteiger partial charge in [0.15, 0.2) is 5.96 Å². The molecule has 0 spiro atoms. The van der Waals surface area contributed by atoms with E-state index in [-0.39, 0.29) is 0 Å². The summed E-state index contributed by atoms with van der Waals surface area (Å²) >= 11 is 0. The van der Waals surface area contributed by atoms with Gasteiger partial charge < -0.3 is 10.6 Å². The predicted molar refractivity (Wildman–Crippen MR) is 111 cm³/mol. The molecule has 0 bridgehead atoms. The number of nitrogens with one attached hydrogen (secondary N) is 2. The van der Waals surface area contributed by atoms with Crippen molar-refractivity contribution in [3.63, 3.8) is 0 Å². The highest BCUT2D eigenvalue weighted by Crippen LogP contribution is 2.44. The van der Waals surface area contributed by atoms with Crippen molar-refractivity contribution < 1.29 is 0 Å². The SMILES string of the molecule is CN=C(NC1CCN(Cc2ccccn2)CC1)NC1CC1C1CCCCC1. The Kier molecular flexibility index (Phi) is 6.28. The normalized spacial score (nSPS) is 28.1. The summed E-state index contributed by atoms with van der Waals surface area (Å²) in [6.07, 6.45) is 12.8. The van der Waals surface area contributed by atoms with Gasteiger partial charge in [-0.3, -0.25) is 14.9 Å². The Morgan fingerprint density at radius 3 is 2.63 bits per heavy atom. The van der Waals surface area contributed by atoms with Gasteiger partial charge in [-0.25, -0.2) is 0 Å². The Balaban J connectivity index is 1.18. The summed E-state index contributed by atoms with van der Waals surface area (Å²) in [7, 11) is 1.91. The van der Waals surface area contributed by atoms with Crippen molar-refractivity contribution in [3.05, 3.63) is 30.1 Å². The molecule has 5 nitrogen and oxygen atoms in total. The van der Waals surface area contributed by atoms with Crippen molar-refractivity contribution in [2.75, 3.05) is 20.1 Å². The Labute approximate surface area is 164 Å². The van der Waals surface area contributed by atoms with E-state index in [1.54, 1.807) is 0 Å². The van der Waals surface area contributed by atoms with Gasteiger partial charge in [-0.05, 0) is 43.2 Å². The number of guanidine groups is 1. The van der Waals surface area contributed by atoms with Crippen LogP contribution in [-0.2, 0) is 6.54 Å². The largest absolute Gasteiger partial charge is 0.354 e. The highest BCUT2D eigenvalue weighted by Gasteiger charge is 2.43. The molecule has 1 aromatic heterocycles. The highest BCUT2D eigenvalue weighted by molar-refractivity contribution is 5.80. The lowest BCUT2D eigenvalue weighted by Crippen LogP contribution is -2.49. The third kappa shape index (κ3) is 5.22. The van der Waals surface area contributed by atoms with Crippen LogP contribution in [0.15, 0.2) is 29.4 Å². The fraction of sp³-hybridized carbons (Fsp3) is 0.727. The lowest BCUT2D eigenvalue weighted by atomic mass is 9.85. The van der Waals surface area contributed by atoms with Crippen LogP contribution in [0.5, 0.6) is 0 Å².